The van der Waals surface area contributed by atoms with E-state index in [1.165, 1.54) is 18.1 Å². The summed E-state index contributed by atoms with van der Waals surface area (Å²) in [5.41, 5.74) is 3.73. The fourth-order valence-corrected chi connectivity index (χ4v) is 3.95. The van der Waals surface area contributed by atoms with Crippen LogP contribution in [0.15, 0.2) is 48.8 Å². The first-order valence-corrected chi connectivity index (χ1v) is 10.7. The van der Waals surface area contributed by atoms with Crippen LogP contribution in [0.5, 0.6) is 0 Å². The van der Waals surface area contributed by atoms with Gasteiger partial charge in [0.25, 0.3) is 0 Å². The Morgan fingerprint density at radius 2 is 1.93 bits per heavy atom. The molecule has 3 rings (SSSR count). The minimum atomic E-state index is -0.186. The van der Waals surface area contributed by atoms with E-state index in [1.807, 2.05) is 17.0 Å². The maximum absolute atomic E-state index is 12.7. The van der Waals surface area contributed by atoms with Crippen LogP contribution < -0.4 is 5.32 Å². The lowest BCUT2D eigenvalue weighted by atomic mass is 9.95. The first kappa shape index (κ1) is 22.0. The van der Waals surface area contributed by atoms with Gasteiger partial charge in [-0.25, -0.2) is 0 Å². The van der Waals surface area contributed by atoms with Crippen LogP contribution in [0.3, 0.4) is 0 Å². The van der Waals surface area contributed by atoms with Gasteiger partial charge in [-0.15, -0.1) is 0 Å². The minimum absolute atomic E-state index is 0.0434. The highest BCUT2D eigenvalue weighted by Gasteiger charge is 2.24. The van der Waals surface area contributed by atoms with Crippen LogP contribution in [0, 0.1) is 12.8 Å². The Bertz CT molecular complexity index is 832. The largest absolute Gasteiger partial charge is 0.347 e. The van der Waals surface area contributed by atoms with Gasteiger partial charge in [0, 0.05) is 39.0 Å². The van der Waals surface area contributed by atoms with Gasteiger partial charge in [-0.05, 0) is 61.5 Å². The number of nitrogens with one attached hydrogen (secondary N) is 1. The molecule has 160 valence electrons. The maximum Gasteiger partial charge on any atom is 0.242 e. The van der Waals surface area contributed by atoms with E-state index in [0.29, 0.717) is 19.0 Å². The average molecular weight is 409 g/mol. The molecule has 2 aromatic rings. The molecule has 1 saturated heterocycles. The number of hydrogen-bond donors (Lipinski definition) is 1. The molecule has 0 atom stereocenters. The van der Waals surface area contributed by atoms with Crippen LogP contribution >= 0.6 is 0 Å². The molecule has 2 heterocycles. The molecule has 1 aliphatic rings. The second-order valence-corrected chi connectivity index (χ2v) is 8.19. The number of amides is 2. The number of pyridine rings is 1. The zero-order valence-electron chi connectivity index (χ0n) is 18.0. The lowest BCUT2D eigenvalue weighted by Gasteiger charge is -2.35. The highest BCUT2D eigenvalue weighted by Crippen LogP contribution is 2.22. The number of aryl methyl sites for hydroxylation is 1. The third-order valence-corrected chi connectivity index (χ3v) is 5.78. The van der Waals surface area contributed by atoms with Gasteiger partial charge in [-0.3, -0.25) is 19.5 Å². The van der Waals surface area contributed by atoms with E-state index in [-0.39, 0.29) is 18.4 Å². The molecule has 6 heteroatoms. The summed E-state index contributed by atoms with van der Waals surface area (Å²) < 4.78 is 0. The number of benzene rings is 1. The highest BCUT2D eigenvalue weighted by atomic mass is 16.2. The molecule has 1 aromatic carbocycles. The lowest BCUT2D eigenvalue weighted by molar-refractivity contribution is -0.133. The Balaban J connectivity index is 1.55. The van der Waals surface area contributed by atoms with Gasteiger partial charge in [0.05, 0.1) is 6.54 Å². The third kappa shape index (κ3) is 6.66. The Morgan fingerprint density at radius 3 is 2.60 bits per heavy atom. The second-order valence-electron chi connectivity index (χ2n) is 8.19. The summed E-state index contributed by atoms with van der Waals surface area (Å²) in [6, 6.07) is 12.4. The summed E-state index contributed by atoms with van der Waals surface area (Å²) in [5.74, 6) is 0.238. The molecule has 0 aliphatic carbocycles. The normalized spacial score (nSPS) is 15.0. The van der Waals surface area contributed by atoms with Gasteiger partial charge in [-0.1, -0.05) is 30.3 Å². The number of aromatic nitrogens is 1. The Morgan fingerprint density at radius 1 is 1.17 bits per heavy atom. The van der Waals surface area contributed by atoms with Crippen molar-refractivity contribution >= 4 is 11.8 Å². The van der Waals surface area contributed by atoms with E-state index in [2.05, 4.69) is 46.4 Å². The summed E-state index contributed by atoms with van der Waals surface area (Å²) in [5, 5.41) is 2.63. The summed E-state index contributed by atoms with van der Waals surface area (Å²) in [6.45, 7) is 7.95. The van der Waals surface area contributed by atoms with Crippen molar-refractivity contribution < 1.29 is 9.59 Å². The van der Waals surface area contributed by atoms with E-state index in [4.69, 9.17) is 0 Å². The van der Waals surface area contributed by atoms with E-state index in [9.17, 15) is 9.59 Å². The molecule has 0 radical (unpaired) electrons. The van der Waals surface area contributed by atoms with Crippen molar-refractivity contribution in [1.29, 1.82) is 0 Å². The van der Waals surface area contributed by atoms with Gasteiger partial charge in [0.1, 0.15) is 0 Å². The van der Waals surface area contributed by atoms with Gasteiger partial charge in [0.15, 0.2) is 0 Å². The van der Waals surface area contributed by atoms with E-state index >= 15 is 0 Å². The first-order valence-electron chi connectivity index (χ1n) is 10.7. The number of rotatable bonds is 8. The molecule has 1 fully saturated rings. The molecule has 0 saturated carbocycles. The van der Waals surface area contributed by atoms with Crippen molar-refractivity contribution in [2.24, 2.45) is 5.92 Å². The SMILES string of the molecule is CC(=O)NCC(=O)N(Cc1cccnc1)CC1CCN(Cc2ccccc2C)CC1. The highest BCUT2D eigenvalue weighted by molar-refractivity contribution is 5.83. The summed E-state index contributed by atoms with van der Waals surface area (Å²) in [7, 11) is 0. The number of piperidine rings is 1. The molecule has 30 heavy (non-hydrogen) atoms. The van der Waals surface area contributed by atoms with Crippen molar-refractivity contribution in [3.05, 3.63) is 65.5 Å². The summed E-state index contributed by atoms with van der Waals surface area (Å²) in [4.78, 5) is 32.5. The van der Waals surface area contributed by atoms with Crippen molar-refractivity contribution in [1.82, 2.24) is 20.1 Å². The third-order valence-electron chi connectivity index (χ3n) is 5.78. The first-order chi connectivity index (χ1) is 14.5. The van der Waals surface area contributed by atoms with Crippen LogP contribution in [-0.4, -0.2) is 52.8 Å². The minimum Gasteiger partial charge on any atom is -0.347 e. The smallest absolute Gasteiger partial charge is 0.242 e. The average Bonchev–Trinajstić information content (AvgIpc) is 2.75. The van der Waals surface area contributed by atoms with Crippen molar-refractivity contribution in [2.75, 3.05) is 26.2 Å². The molecule has 1 aromatic heterocycles. The lowest BCUT2D eigenvalue weighted by Crippen LogP contribution is -2.44. The monoisotopic (exact) mass is 408 g/mol. The molecule has 0 spiro atoms. The van der Waals surface area contributed by atoms with Crippen LogP contribution in [0.2, 0.25) is 0 Å². The topological polar surface area (TPSA) is 65.5 Å². The quantitative estimate of drug-likeness (QED) is 0.729. The zero-order valence-corrected chi connectivity index (χ0v) is 18.0. The molecule has 1 N–H and O–H groups in total. The Hall–Kier alpha value is -2.73. The number of hydrogen-bond acceptors (Lipinski definition) is 4. The second kappa shape index (κ2) is 10.9. The zero-order chi connectivity index (χ0) is 21.3. The van der Waals surface area contributed by atoms with Crippen LogP contribution in [0.1, 0.15) is 36.5 Å². The van der Waals surface area contributed by atoms with E-state index < -0.39 is 0 Å². The predicted molar refractivity (Wildman–Crippen MR) is 118 cm³/mol. The Labute approximate surface area is 179 Å². The number of carbonyl (C=O) groups excluding carboxylic acids is 2. The molecule has 1 aliphatic heterocycles. The van der Waals surface area contributed by atoms with Crippen LogP contribution in [0.25, 0.3) is 0 Å². The number of likely N-dealkylation sites (tertiary alicyclic amines) is 1. The van der Waals surface area contributed by atoms with E-state index in [0.717, 1.165) is 38.0 Å². The van der Waals surface area contributed by atoms with Crippen LogP contribution in [-0.2, 0) is 22.7 Å². The van der Waals surface area contributed by atoms with Crippen molar-refractivity contribution in [3.63, 3.8) is 0 Å². The predicted octanol–water partition coefficient (Wildman–Crippen LogP) is 2.77. The fourth-order valence-electron chi connectivity index (χ4n) is 3.95. The molecule has 0 bridgehead atoms. The van der Waals surface area contributed by atoms with Crippen molar-refractivity contribution in [3.8, 4) is 0 Å². The standard InChI is InChI=1S/C24H32N4O2/c1-19-6-3-4-8-23(19)18-27-12-9-21(10-13-27)16-28(24(30)15-26-20(2)29)17-22-7-5-11-25-14-22/h3-8,11,14,21H,9-10,12-13,15-18H2,1-2H3,(H,26,29). The molecule has 0 unspecified atom stereocenters. The molecular weight excluding hydrogens is 376 g/mol. The maximum atomic E-state index is 12.7. The van der Waals surface area contributed by atoms with Gasteiger partial charge < -0.3 is 10.2 Å². The van der Waals surface area contributed by atoms with Crippen molar-refractivity contribution in [2.45, 2.75) is 39.8 Å². The Kier molecular flexibility index (Phi) is 7.97. The number of nitrogens with zero attached hydrogens (tertiary/aromatic N) is 3. The van der Waals surface area contributed by atoms with Gasteiger partial charge in [-0.2, -0.15) is 0 Å². The van der Waals surface area contributed by atoms with E-state index in [1.54, 1.807) is 12.4 Å². The molecular formula is C24H32N4O2. The summed E-state index contributed by atoms with van der Waals surface area (Å²) in [6.07, 6.45) is 5.67. The molecule has 2 amide bonds. The van der Waals surface area contributed by atoms with Crippen LogP contribution in [0.4, 0.5) is 0 Å². The molecule has 6 nitrogen and oxygen atoms in total. The van der Waals surface area contributed by atoms with Gasteiger partial charge >= 0.3 is 0 Å². The summed E-state index contributed by atoms with van der Waals surface area (Å²) >= 11 is 0. The fraction of sp³-hybridized carbons (Fsp3) is 0.458. The number of carbonyl (C=O) groups is 2. The van der Waals surface area contributed by atoms with Gasteiger partial charge in [0.2, 0.25) is 11.8 Å².